The Hall–Kier alpha value is -1.35. The molecule has 0 aliphatic heterocycles. The largest absolute Gasteiger partial charge is 0.395 e. The molecule has 0 saturated heterocycles. The molecule has 0 radical (unpaired) electrons. The van der Waals surface area contributed by atoms with E-state index >= 15 is 0 Å². The van der Waals surface area contributed by atoms with Gasteiger partial charge < -0.3 is 15.2 Å². The van der Waals surface area contributed by atoms with Crippen LogP contribution in [-0.2, 0) is 16.1 Å². The average Bonchev–Trinajstić information content (AvgIpc) is 2.84. The van der Waals surface area contributed by atoms with Gasteiger partial charge in [0.2, 0.25) is 5.91 Å². The zero-order chi connectivity index (χ0) is 15.0. The van der Waals surface area contributed by atoms with Gasteiger partial charge in [-0.25, -0.2) is 0 Å². The molecule has 0 fully saturated rings. The summed E-state index contributed by atoms with van der Waals surface area (Å²) in [5.74, 6) is 5.85. The van der Waals surface area contributed by atoms with Crippen LogP contribution in [0, 0.1) is 11.8 Å². The van der Waals surface area contributed by atoms with E-state index in [1.165, 1.54) is 0 Å². The molecule has 1 amide bonds. The summed E-state index contributed by atoms with van der Waals surface area (Å²) in [7, 11) is 1.60. The number of aliphatic hydroxyl groups is 1. The van der Waals surface area contributed by atoms with E-state index in [1.807, 2.05) is 25.3 Å². The molecule has 0 bridgehead atoms. The molecular formula is C15H21NO3S. The highest BCUT2D eigenvalue weighted by Gasteiger charge is 2.20. The molecule has 110 valence electrons. The summed E-state index contributed by atoms with van der Waals surface area (Å²) in [5.41, 5.74) is 0.457. The number of carbonyl (C=O) groups is 1. The van der Waals surface area contributed by atoms with Crippen molar-refractivity contribution < 1.29 is 14.6 Å². The lowest BCUT2D eigenvalue weighted by atomic mass is 10.1. The van der Waals surface area contributed by atoms with Crippen molar-refractivity contribution >= 4 is 17.2 Å². The topological polar surface area (TPSA) is 58.6 Å². The number of hydrogen-bond donors (Lipinski definition) is 2. The Morgan fingerprint density at radius 1 is 1.55 bits per heavy atom. The summed E-state index contributed by atoms with van der Waals surface area (Å²) in [5, 5.41) is 13.5. The van der Waals surface area contributed by atoms with Gasteiger partial charge in [0.1, 0.15) is 0 Å². The minimum absolute atomic E-state index is 0.0421. The van der Waals surface area contributed by atoms with Gasteiger partial charge in [-0.1, -0.05) is 11.8 Å². The lowest BCUT2D eigenvalue weighted by Crippen LogP contribution is -2.33. The lowest BCUT2D eigenvalue weighted by Gasteiger charge is -2.21. The molecule has 0 unspecified atom stereocenters. The third-order valence-corrected chi connectivity index (χ3v) is 3.71. The first-order valence-electron chi connectivity index (χ1n) is 6.46. The number of hydrogen-bond acceptors (Lipinski definition) is 4. The first-order chi connectivity index (χ1) is 9.48. The highest BCUT2D eigenvalue weighted by atomic mass is 32.1. The SMILES string of the molecule is COC(C)(C)CC(=O)NCc1sccc1C#CCCO. The predicted octanol–water partition coefficient (Wildman–Crippen LogP) is 1.91. The third kappa shape index (κ3) is 5.74. The van der Waals surface area contributed by atoms with Crippen molar-refractivity contribution in [3.63, 3.8) is 0 Å². The Kier molecular flexibility index (Phi) is 6.73. The molecule has 0 spiro atoms. The van der Waals surface area contributed by atoms with Crippen molar-refractivity contribution in [2.45, 2.75) is 38.8 Å². The highest BCUT2D eigenvalue weighted by Crippen LogP contribution is 2.16. The molecule has 2 N–H and O–H groups in total. The Morgan fingerprint density at radius 3 is 2.95 bits per heavy atom. The van der Waals surface area contributed by atoms with Crippen molar-refractivity contribution in [1.29, 1.82) is 0 Å². The molecule has 5 heteroatoms. The van der Waals surface area contributed by atoms with E-state index < -0.39 is 5.60 Å². The average molecular weight is 295 g/mol. The Morgan fingerprint density at radius 2 is 2.30 bits per heavy atom. The number of thiophene rings is 1. The van der Waals surface area contributed by atoms with E-state index in [0.717, 1.165) is 10.4 Å². The van der Waals surface area contributed by atoms with Gasteiger partial charge >= 0.3 is 0 Å². The van der Waals surface area contributed by atoms with E-state index in [-0.39, 0.29) is 12.5 Å². The van der Waals surface area contributed by atoms with Crippen LogP contribution in [-0.4, -0.2) is 30.3 Å². The predicted molar refractivity (Wildman–Crippen MR) is 80.5 cm³/mol. The monoisotopic (exact) mass is 295 g/mol. The van der Waals surface area contributed by atoms with Crippen LogP contribution in [0.1, 0.15) is 37.1 Å². The number of rotatable bonds is 6. The summed E-state index contributed by atoms with van der Waals surface area (Å²) >= 11 is 1.56. The van der Waals surface area contributed by atoms with Gasteiger partial charge in [0.05, 0.1) is 25.2 Å². The van der Waals surface area contributed by atoms with Crippen molar-refractivity contribution in [1.82, 2.24) is 5.32 Å². The second-order valence-electron chi connectivity index (χ2n) is 4.95. The van der Waals surface area contributed by atoms with Crippen LogP contribution in [0.15, 0.2) is 11.4 Å². The zero-order valence-electron chi connectivity index (χ0n) is 12.2. The van der Waals surface area contributed by atoms with Gasteiger partial charge in [0.25, 0.3) is 0 Å². The van der Waals surface area contributed by atoms with Crippen LogP contribution in [0.4, 0.5) is 0 Å². The number of amides is 1. The number of carbonyl (C=O) groups excluding carboxylic acids is 1. The molecule has 20 heavy (non-hydrogen) atoms. The number of aliphatic hydroxyl groups excluding tert-OH is 1. The summed E-state index contributed by atoms with van der Waals surface area (Å²) < 4.78 is 5.23. The van der Waals surface area contributed by atoms with Crippen LogP contribution in [0.5, 0.6) is 0 Å². The van der Waals surface area contributed by atoms with E-state index in [0.29, 0.717) is 19.4 Å². The van der Waals surface area contributed by atoms with E-state index in [4.69, 9.17) is 9.84 Å². The number of nitrogens with one attached hydrogen (secondary N) is 1. The quantitative estimate of drug-likeness (QED) is 0.788. The lowest BCUT2D eigenvalue weighted by molar-refractivity contribution is -0.126. The summed E-state index contributed by atoms with van der Waals surface area (Å²) in [6, 6.07) is 1.93. The van der Waals surface area contributed by atoms with Gasteiger partial charge in [0, 0.05) is 24.0 Å². The molecule has 4 nitrogen and oxygen atoms in total. The maximum Gasteiger partial charge on any atom is 0.223 e. The molecule has 1 aromatic heterocycles. The molecule has 1 rings (SSSR count). The van der Waals surface area contributed by atoms with Gasteiger partial charge in [-0.15, -0.1) is 11.3 Å². The van der Waals surface area contributed by atoms with Crippen molar-refractivity contribution in [3.8, 4) is 11.8 Å². The van der Waals surface area contributed by atoms with Gasteiger partial charge in [-0.2, -0.15) is 0 Å². The van der Waals surface area contributed by atoms with Crippen LogP contribution >= 0.6 is 11.3 Å². The minimum atomic E-state index is -0.455. The molecule has 1 heterocycles. The second kappa shape index (κ2) is 8.05. The maximum absolute atomic E-state index is 11.8. The smallest absolute Gasteiger partial charge is 0.223 e. The molecular weight excluding hydrogens is 274 g/mol. The summed E-state index contributed by atoms with van der Waals surface area (Å²) in [4.78, 5) is 12.9. The van der Waals surface area contributed by atoms with Crippen LogP contribution < -0.4 is 5.32 Å². The Bertz CT molecular complexity index is 497. The first kappa shape index (κ1) is 16.7. The second-order valence-corrected chi connectivity index (χ2v) is 5.95. The summed E-state index contributed by atoms with van der Waals surface area (Å²) in [6.07, 6.45) is 0.782. The molecule has 0 saturated carbocycles. The molecule has 0 aromatic carbocycles. The summed E-state index contributed by atoms with van der Waals surface area (Å²) in [6.45, 7) is 4.29. The third-order valence-electron chi connectivity index (χ3n) is 2.79. The zero-order valence-corrected chi connectivity index (χ0v) is 13.0. The van der Waals surface area contributed by atoms with E-state index in [9.17, 15) is 4.79 Å². The van der Waals surface area contributed by atoms with Crippen LogP contribution in [0.3, 0.4) is 0 Å². The standard InChI is InChI=1S/C15H21NO3S/c1-15(2,19-3)10-14(18)16-11-13-12(7-9-20-13)6-4-5-8-17/h7,9,17H,5,8,10-11H2,1-3H3,(H,16,18). The fourth-order valence-electron chi connectivity index (χ4n) is 1.50. The van der Waals surface area contributed by atoms with Gasteiger partial charge in [0.15, 0.2) is 0 Å². The van der Waals surface area contributed by atoms with Gasteiger partial charge in [-0.3, -0.25) is 4.79 Å². The van der Waals surface area contributed by atoms with Gasteiger partial charge in [-0.05, 0) is 25.3 Å². The first-order valence-corrected chi connectivity index (χ1v) is 7.34. The molecule has 0 aliphatic rings. The fourth-order valence-corrected chi connectivity index (χ4v) is 2.27. The Labute approximate surface area is 124 Å². The minimum Gasteiger partial charge on any atom is -0.395 e. The van der Waals surface area contributed by atoms with Crippen molar-refractivity contribution in [3.05, 3.63) is 21.9 Å². The fraction of sp³-hybridized carbons (Fsp3) is 0.533. The maximum atomic E-state index is 11.8. The highest BCUT2D eigenvalue weighted by molar-refractivity contribution is 7.10. The molecule has 0 aliphatic carbocycles. The normalized spacial score (nSPS) is 10.8. The number of ether oxygens (including phenoxy) is 1. The molecule has 1 aromatic rings. The van der Waals surface area contributed by atoms with E-state index in [1.54, 1.807) is 18.4 Å². The Balaban J connectivity index is 2.53. The van der Waals surface area contributed by atoms with Crippen LogP contribution in [0.2, 0.25) is 0 Å². The number of methoxy groups -OCH3 is 1. The van der Waals surface area contributed by atoms with Crippen molar-refractivity contribution in [2.24, 2.45) is 0 Å². The van der Waals surface area contributed by atoms with E-state index in [2.05, 4.69) is 17.2 Å². The molecule has 0 atom stereocenters. The van der Waals surface area contributed by atoms with Crippen LogP contribution in [0.25, 0.3) is 0 Å². The van der Waals surface area contributed by atoms with Crippen molar-refractivity contribution in [2.75, 3.05) is 13.7 Å².